The number of rotatable bonds is 4. The third-order valence-corrected chi connectivity index (χ3v) is 6.47. The fourth-order valence-electron chi connectivity index (χ4n) is 3.03. The summed E-state index contributed by atoms with van der Waals surface area (Å²) in [6.45, 7) is 4.38. The van der Waals surface area contributed by atoms with Crippen LogP contribution in [0.25, 0.3) is 0 Å². The molecule has 2 aromatic rings. The molecule has 1 heterocycles. The Morgan fingerprint density at radius 1 is 0.917 bits per heavy atom. The molecule has 128 valence electrons. The molecule has 0 aliphatic carbocycles. The van der Waals surface area contributed by atoms with E-state index in [4.69, 9.17) is 0 Å². The van der Waals surface area contributed by atoms with E-state index in [1.54, 1.807) is 0 Å². The van der Waals surface area contributed by atoms with Crippen LogP contribution in [0.15, 0.2) is 59.5 Å². The third-order valence-electron chi connectivity index (χ3n) is 4.55. The number of sulfonamides is 1. The molecule has 0 N–H and O–H groups in total. The summed E-state index contributed by atoms with van der Waals surface area (Å²) in [5, 5.41) is 0. The molecule has 1 fully saturated rings. The lowest BCUT2D eigenvalue weighted by atomic mass is 10.1. The highest BCUT2D eigenvalue weighted by molar-refractivity contribution is 7.89. The van der Waals surface area contributed by atoms with Gasteiger partial charge in [0, 0.05) is 32.2 Å². The zero-order valence-corrected chi connectivity index (χ0v) is 14.4. The van der Waals surface area contributed by atoms with Gasteiger partial charge in [-0.05, 0) is 36.8 Å². The molecule has 1 aliphatic rings. The van der Waals surface area contributed by atoms with Crippen molar-refractivity contribution in [2.24, 2.45) is 0 Å². The summed E-state index contributed by atoms with van der Waals surface area (Å²) in [6, 6.07) is 15.5. The van der Waals surface area contributed by atoms with E-state index in [0.717, 1.165) is 0 Å². The number of hydrogen-bond donors (Lipinski definition) is 0. The molecule has 1 atom stereocenters. The second-order valence-electron chi connectivity index (χ2n) is 5.98. The summed E-state index contributed by atoms with van der Waals surface area (Å²) in [5.41, 5.74) is 1.23. The van der Waals surface area contributed by atoms with Crippen LogP contribution in [-0.4, -0.2) is 43.8 Å². The Labute approximate surface area is 142 Å². The van der Waals surface area contributed by atoms with Crippen LogP contribution in [0, 0.1) is 5.82 Å². The highest BCUT2D eigenvalue weighted by Crippen LogP contribution is 2.24. The van der Waals surface area contributed by atoms with Gasteiger partial charge in [-0.3, -0.25) is 4.90 Å². The summed E-state index contributed by atoms with van der Waals surface area (Å²) in [5.74, 6) is -0.435. The summed E-state index contributed by atoms with van der Waals surface area (Å²) < 4.78 is 39.7. The van der Waals surface area contributed by atoms with E-state index in [1.807, 2.05) is 18.2 Å². The van der Waals surface area contributed by atoms with Crippen LogP contribution < -0.4 is 0 Å². The van der Waals surface area contributed by atoms with Crippen LogP contribution in [-0.2, 0) is 10.0 Å². The van der Waals surface area contributed by atoms with E-state index in [9.17, 15) is 12.8 Å². The van der Waals surface area contributed by atoms with E-state index >= 15 is 0 Å². The van der Waals surface area contributed by atoms with Gasteiger partial charge in [-0.25, -0.2) is 12.8 Å². The maximum atomic E-state index is 13.0. The number of halogens is 1. The van der Waals surface area contributed by atoms with Gasteiger partial charge in [-0.15, -0.1) is 0 Å². The van der Waals surface area contributed by atoms with Crippen LogP contribution in [0.4, 0.5) is 4.39 Å². The molecule has 1 aliphatic heterocycles. The first-order chi connectivity index (χ1) is 11.5. The van der Waals surface area contributed by atoms with Crippen molar-refractivity contribution in [3.8, 4) is 0 Å². The fourth-order valence-corrected chi connectivity index (χ4v) is 4.45. The maximum Gasteiger partial charge on any atom is 0.243 e. The van der Waals surface area contributed by atoms with Crippen molar-refractivity contribution in [2.45, 2.75) is 17.9 Å². The van der Waals surface area contributed by atoms with E-state index in [1.165, 1.54) is 34.1 Å². The topological polar surface area (TPSA) is 40.6 Å². The second-order valence-corrected chi connectivity index (χ2v) is 7.92. The molecule has 0 bridgehead atoms. The molecule has 0 unspecified atom stereocenters. The van der Waals surface area contributed by atoms with Crippen molar-refractivity contribution < 1.29 is 12.8 Å². The van der Waals surface area contributed by atoms with Gasteiger partial charge < -0.3 is 0 Å². The molecule has 4 nitrogen and oxygen atoms in total. The van der Waals surface area contributed by atoms with Gasteiger partial charge >= 0.3 is 0 Å². The molecule has 0 radical (unpaired) electrons. The molecule has 0 amide bonds. The number of piperazine rings is 1. The predicted molar refractivity (Wildman–Crippen MR) is 91.6 cm³/mol. The van der Waals surface area contributed by atoms with Gasteiger partial charge in [-0.1, -0.05) is 30.3 Å². The van der Waals surface area contributed by atoms with E-state index in [0.29, 0.717) is 26.2 Å². The molecule has 6 heteroatoms. The standard InChI is InChI=1S/C18H21FN2O2S/c1-15(16-5-3-2-4-6-16)20-11-13-21(14-12-20)24(22,23)18-9-7-17(19)8-10-18/h2-10,15H,11-14H2,1H3/t15-/m1/s1. The molecule has 3 rings (SSSR count). The molecular formula is C18H21FN2O2S. The lowest BCUT2D eigenvalue weighted by Crippen LogP contribution is -2.49. The quantitative estimate of drug-likeness (QED) is 0.853. The van der Waals surface area contributed by atoms with Crippen LogP contribution in [0.1, 0.15) is 18.5 Å². The van der Waals surface area contributed by atoms with Crippen LogP contribution in [0.2, 0.25) is 0 Å². The van der Waals surface area contributed by atoms with Crippen LogP contribution in [0.3, 0.4) is 0 Å². The number of hydrogen-bond acceptors (Lipinski definition) is 3. The van der Waals surface area contributed by atoms with Gasteiger partial charge in [0.2, 0.25) is 10.0 Å². The van der Waals surface area contributed by atoms with Crippen LogP contribution >= 0.6 is 0 Å². The van der Waals surface area contributed by atoms with E-state index in [2.05, 4.69) is 24.0 Å². The molecule has 0 aromatic heterocycles. The number of benzene rings is 2. The van der Waals surface area contributed by atoms with Gasteiger partial charge in [0.05, 0.1) is 4.90 Å². The Kier molecular flexibility index (Phi) is 4.99. The average molecular weight is 348 g/mol. The van der Waals surface area contributed by atoms with Gasteiger partial charge in [-0.2, -0.15) is 4.31 Å². The van der Waals surface area contributed by atoms with E-state index in [-0.39, 0.29) is 10.9 Å². The zero-order valence-electron chi connectivity index (χ0n) is 13.6. The van der Waals surface area contributed by atoms with Crippen molar-refractivity contribution in [2.75, 3.05) is 26.2 Å². The highest BCUT2D eigenvalue weighted by atomic mass is 32.2. The normalized spacial score (nSPS) is 18.4. The van der Waals surface area contributed by atoms with Crippen LogP contribution in [0.5, 0.6) is 0 Å². The highest BCUT2D eigenvalue weighted by Gasteiger charge is 2.30. The summed E-state index contributed by atoms with van der Waals surface area (Å²) in [4.78, 5) is 2.43. The van der Waals surface area contributed by atoms with Gasteiger partial charge in [0.15, 0.2) is 0 Å². The Morgan fingerprint density at radius 2 is 1.50 bits per heavy atom. The average Bonchev–Trinajstić information content (AvgIpc) is 2.62. The third kappa shape index (κ3) is 3.50. The first-order valence-electron chi connectivity index (χ1n) is 8.03. The minimum atomic E-state index is -3.55. The Morgan fingerprint density at radius 3 is 2.08 bits per heavy atom. The van der Waals surface area contributed by atoms with Gasteiger partial charge in [0.1, 0.15) is 5.82 Å². The molecule has 2 aromatic carbocycles. The minimum absolute atomic E-state index is 0.147. The molecule has 24 heavy (non-hydrogen) atoms. The zero-order chi connectivity index (χ0) is 17.2. The summed E-state index contributed by atoms with van der Waals surface area (Å²) >= 11 is 0. The molecule has 0 spiro atoms. The lowest BCUT2D eigenvalue weighted by Gasteiger charge is -2.37. The number of nitrogens with zero attached hydrogens (tertiary/aromatic N) is 2. The maximum absolute atomic E-state index is 13.0. The van der Waals surface area contributed by atoms with Crippen molar-refractivity contribution in [3.05, 3.63) is 66.0 Å². The molecule has 0 saturated carbocycles. The fraction of sp³-hybridized carbons (Fsp3) is 0.333. The Bertz CT molecular complexity index is 770. The molecule has 1 saturated heterocycles. The van der Waals surface area contributed by atoms with Crippen molar-refractivity contribution in [1.29, 1.82) is 0 Å². The van der Waals surface area contributed by atoms with Gasteiger partial charge in [0.25, 0.3) is 0 Å². The first kappa shape index (κ1) is 17.1. The lowest BCUT2D eigenvalue weighted by molar-refractivity contribution is 0.146. The first-order valence-corrected chi connectivity index (χ1v) is 9.47. The molecular weight excluding hydrogens is 327 g/mol. The summed E-state index contributed by atoms with van der Waals surface area (Å²) in [7, 11) is -3.55. The largest absolute Gasteiger partial charge is 0.294 e. The smallest absolute Gasteiger partial charge is 0.243 e. The monoisotopic (exact) mass is 348 g/mol. The van der Waals surface area contributed by atoms with Crippen molar-refractivity contribution >= 4 is 10.0 Å². The van der Waals surface area contributed by atoms with Crippen molar-refractivity contribution in [3.63, 3.8) is 0 Å². The second kappa shape index (κ2) is 7.01. The van der Waals surface area contributed by atoms with E-state index < -0.39 is 15.8 Å². The Hall–Kier alpha value is -1.76. The summed E-state index contributed by atoms with van der Waals surface area (Å²) in [6.07, 6.45) is 0. The van der Waals surface area contributed by atoms with Crippen molar-refractivity contribution in [1.82, 2.24) is 9.21 Å². The minimum Gasteiger partial charge on any atom is -0.294 e. The predicted octanol–water partition coefficient (Wildman–Crippen LogP) is 2.89. The Balaban J connectivity index is 1.67. The SMILES string of the molecule is C[C@H](c1ccccc1)N1CCN(S(=O)(=O)c2ccc(F)cc2)CC1.